The van der Waals surface area contributed by atoms with Crippen LogP contribution >= 0.6 is 23.1 Å². The van der Waals surface area contributed by atoms with Gasteiger partial charge in [-0.15, -0.1) is 11.3 Å². The zero-order valence-electron chi connectivity index (χ0n) is 14.3. The number of fused-ring (bicyclic) bond motifs is 1. The predicted molar refractivity (Wildman–Crippen MR) is 109 cm³/mol. The topological polar surface area (TPSA) is 68.0 Å². The molecule has 1 atom stereocenters. The van der Waals surface area contributed by atoms with E-state index in [1.54, 1.807) is 23.1 Å². The molecule has 3 N–H and O–H groups in total. The molecule has 0 fully saturated rings. The van der Waals surface area contributed by atoms with E-state index in [-0.39, 0.29) is 5.91 Å². The average Bonchev–Trinajstić information content (AvgIpc) is 3.03. The van der Waals surface area contributed by atoms with Gasteiger partial charge < -0.3 is 11.1 Å². The van der Waals surface area contributed by atoms with E-state index in [2.05, 4.69) is 35.4 Å². The van der Waals surface area contributed by atoms with Crippen LogP contribution in [0.25, 0.3) is 20.8 Å². The molecule has 0 unspecified atom stereocenters. The van der Waals surface area contributed by atoms with Crippen LogP contribution in [0.5, 0.6) is 0 Å². The number of benzene rings is 2. The highest BCUT2D eigenvalue weighted by Crippen LogP contribution is 2.31. The molecule has 1 aromatic heterocycles. The molecule has 0 bridgehead atoms. The Morgan fingerprint density at radius 1 is 1.28 bits per heavy atom. The molecule has 0 aliphatic heterocycles. The van der Waals surface area contributed by atoms with Gasteiger partial charge in [0.15, 0.2) is 0 Å². The fourth-order valence-electron chi connectivity index (χ4n) is 2.46. The number of aryl methyl sites for hydroxylation is 1. The van der Waals surface area contributed by atoms with Gasteiger partial charge in [0.1, 0.15) is 5.01 Å². The number of thioether (sulfide) groups is 1. The summed E-state index contributed by atoms with van der Waals surface area (Å²) in [5.74, 6) is 0.738. The van der Waals surface area contributed by atoms with Crippen LogP contribution in [0.15, 0.2) is 42.5 Å². The summed E-state index contributed by atoms with van der Waals surface area (Å²) in [7, 11) is 0. The lowest BCUT2D eigenvalue weighted by Crippen LogP contribution is -2.36. The van der Waals surface area contributed by atoms with E-state index in [9.17, 15) is 4.79 Å². The zero-order chi connectivity index (χ0) is 17.8. The third-order valence-corrected chi connectivity index (χ3v) is 5.62. The van der Waals surface area contributed by atoms with Gasteiger partial charge in [0.05, 0.1) is 16.3 Å². The zero-order valence-corrected chi connectivity index (χ0v) is 15.9. The summed E-state index contributed by atoms with van der Waals surface area (Å²) in [6.07, 6.45) is 2.68. The molecule has 6 heteroatoms. The highest BCUT2D eigenvalue weighted by Gasteiger charge is 2.13. The van der Waals surface area contributed by atoms with E-state index in [0.29, 0.717) is 6.42 Å². The Balaban J connectivity index is 1.72. The van der Waals surface area contributed by atoms with Crippen LogP contribution < -0.4 is 11.1 Å². The fraction of sp³-hybridized carbons (Fsp3) is 0.263. The third-order valence-electron chi connectivity index (χ3n) is 3.91. The van der Waals surface area contributed by atoms with Crippen LogP contribution in [0.3, 0.4) is 0 Å². The second-order valence-corrected chi connectivity index (χ2v) is 7.96. The Bertz CT molecular complexity index is 874. The molecule has 0 aliphatic rings. The van der Waals surface area contributed by atoms with Crippen molar-refractivity contribution in [1.29, 1.82) is 0 Å². The van der Waals surface area contributed by atoms with Gasteiger partial charge in [-0.2, -0.15) is 11.8 Å². The number of carbonyl (C=O) groups is 1. The summed E-state index contributed by atoms with van der Waals surface area (Å²) in [6, 6.07) is 13.6. The number of carbonyl (C=O) groups excluding carboxylic acids is 1. The number of thiazole rings is 1. The minimum absolute atomic E-state index is 0.141. The quantitative estimate of drug-likeness (QED) is 0.678. The van der Waals surface area contributed by atoms with E-state index in [0.717, 1.165) is 27.5 Å². The minimum Gasteiger partial charge on any atom is -0.325 e. The number of nitrogens with two attached hydrogens (primary N) is 1. The molecule has 1 heterocycles. The Kier molecular flexibility index (Phi) is 5.73. The summed E-state index contributed by atoms with van der Waals surface area (Å²) < 4.78 is 1.19. The Morgan fingerprint density at radius 2 is 2.04 bits per heavy atom. The molecule has 130 valence electrons. The number of amides is 1. The van der Waals surface area contributed by atoms with Crippen molar-refractivity contribution in [3.63, 3.8) is 0 Å². The monoisotopic (exact) mass is 371 g/mol. The van der Waals surface area contributed by atoms with E-state index in [4.69, 9.17) is 5.73 Å². The first-order chi connectivity index (χ1) is 12.1. The fourth-order valence-corrected chi connectivity index (χ4v) is 4.02. The molecule has 0 spiro atoms. The summed E-state index contributed by atoms with van der Waals surface area (Å²) in [5, 5.41) is 3.85. The highest BCUT2D eigenvalue weighted by molar-refractivity contribution is 7.98. The van der Waals surface area contributed by atoms with E-state index < -0.39 is 6.04 Å². The normalized spacial score (nSPS) is 12.3. The van der Waals surface area contributed by atoms with E-state index >= 15 is 0 Å². The van der Waals surface area contributed by atoms with E-state index in [1.807, 2.05) is 30.5 Å². The predicted octanol–water partition coefficient (Wildman–Crippen LogP) is 4.29. The molecule has 2 aromatic carbocycles. The number of hydrogen-bond donors (Lipinski definition) is 2. The van der Waals surface area contributed by atoms with Gasteiger partial charge in [-0.1, -0.05) is 6.07 Å². The molecular weight excluding hydrogens is 350 g/mol. The van der Waals surface area contributed by atoms with Crippen molar-refractivity contribution < 1.29 is 4.79 Å². The van der Waals surface area contributed by atoms with E-state index in [1.165, 1.54) is 10.3 Å². The lowest BCUT2D eigenvalue weighted by molar-refractivity contribution is -0.117. The molecule has 1 amide bonds. The Labute approximate surface area is 155 Å². The van der Waals surface area contributed by atoms with Gasteiger partial charge in [-0.3, -0.25) is 4.79 Å². The second-order valence-electron chi connectivity index (χ2n) is 5.94. The van der Waals surface area contributed by atoms with Gasteiger partial charge in [0.25, 0.3) is 0 Å². The Hall–Kier alpha value is -1.89. The van der Waals surface area contributed by atoms with Crippen molar-refractivity contribution >= 4 is 44.9 Å². The summed E-state index contributed by atoms with van der Waals surface area (Å²) in [6.45, 7) is 2.08. The van der Waals surface area contributed by atoms with Crippen LogP contribution in [0.4, 0.5) is 5.69 Å². The van der Waals surface area contributed by atoms with Crippen molar-refractivity contribution in [1.82, 2.24) is 4.98 Å². The molecule has 0 saturated heterocycles. The SMILES string of the molecule is CSCC[C@H](N)C(=O)Nc1ccc(-c2nc3ccc(C)cc3s2)cc1. The van der Waals surface area contributed by atoms with Gasteiger partial charge in [0.2, 0.25) is 5.91 Å². The number of aromatic nitrogens is 1. The third kappa shape index (κ3) is 4.39. The van der Waals surface area contributed by atoms with Crippen molar-refractivity contribution in [2.45, 2.75) is 19.4 Å². The van der Waals surface area contributed by atoms with Gasteiger partial charge in [-0.05, 0) is 67.3 Å². The lowest BCUT2D eigenvalue weighted by atomic mass is 10.2. The van der Waals surface area contributed by atoms with Gasteiger partial charge in [0, 0.05) is 11.3 Å². The maximum Gasteiger partial charge on any atom is 0.241 e. The average molecular weight is 372 g/mol. The molecule has 3 aromatic rings. The van der Waals surface area contributed by atoms with Crippen LogP contribution in [-0.2, 0) is 4.79 Å². The van der Waals surface area contributed by atoms with Gasteiger partial charge >= 0.3 is 0 Å². The number of nitrogens with zero attached hydrogens (tertiary/aromatic N) is 1. The first-order valence-electron chi connectivity index (χ1n) is 8.10. The summed E-state index contributed by atoms with van der Waals surface area (Å²) in [5.41, 5.74) is 9.94. The molecule has 4 nitrogen and oxygen atoms in total. The summed E-state index contributed by atoms with van der Waals surface area (Å²) >= 11 is 3.37. The molecule has 0 radical (unpaired) electrons. The molecule has 0 saturated carbocycles. The molecule has 3 rings (SSSR count). The Morgan fingerprint density at radius 3 is 2.76 bits per heavy atom. The number of rotatable bonds is 6. The van der Waals surface area contributed by atoms with Crippen molar-refractivity contribution in [2.24, 2.45) is 5.73 Å². The standard InChI is InChI=1S/C19H21N3OS2/c1-12-3-8-16-17(11-12)25-19(22-16)13-4-6-14(7-5-13)21-18(23)15(20)9-10-24-2/h3-8,11,15H,9-10,20H2,1-2H3,(H,21,23)/t15-/m0/s1. The van der Waals surface area contributed by atoms with Crippen molar-refractivity contribution in [3.8, 4) is 10.6 Å². The summed E-state index contributed by atoms with van der Waals surface area (Å²) in [4.78, 5) is 16.8. The maximum absolute atomic E-state index is 12.1. The molecule has 0 aliphatic carbocycles. The smallest absolute Gasteiger partial charge is 0.241 e. The maximum atomic E-state index is 12.1. The second kappa shape index (κ2) is 7.99. The van der Waals surface area contributed by atoms with Crippen molar-refractivity contribution in [3.05, 3.63) is 48.0 Å². The first-order valence-corrected chi connectivity index (χ1v) is 10.3. The minimum atomic E-state index is -0.473. The van der Waals surface area contributed by atoms with Crippen LogP contribution in [0, 0.1) is 6.92 Å². The number of anilines is 1. The largest absolute Gasteiger partial charge is 0.325 e. The molecule has 25 heavy (non-hydrogen) atoms. The van der Waals surface area contributed by atoms with Crippen LogP contribution in [0.2, 0.25) is 0 Å². The number of hydrogen-bond acceptors (Lipinski definition) is 5. The van der Waals surface area contributed by atoms with Crippen LogP contribution in [0.1, 0.15) is 12.0 Å². The highest BCUT2D eigenvalue weighted by atomic mass is 32.2. The van der Waals surface area contributed by atoms with Crippen molar-refractivity contribution in [2.75, 3.05) is 17.3 Å². The molecular formula is C19H21N3OS2. The van der Waals surface area contributed by atoms with Gasteiger partial charge in [-0.25, -0.2) is 4.98 Å². The van der Waals surface area contributed by atoms with Crippen LogP contribution in [-0.4, -0.2) is 28.9 Å². The first kappa shape index (κ1) is 17.9. The lowest BCUT2D eigenvalue weighted by Gasteiger charge is -2.11. The number of nitrogens with one attached hydrogen (secondary N) is 1.